The van der Waals surface area contributed by atoms with Crippen molar-refractivity contribution in [3.63, 3.8) is 0 Å². The van der Waals surface area contributed by atoms with Crippen molar-refractivity contribution < 1.29 is 14.6 Å². The summed E-state index contributed by atoms with van der Waals surface area (Å²) < 4.78 is 6.26. The Kier molecular flexibility index (Phi) is 6.96. The van der Waals surface area contributed by atoms with Gasteiger partial charge in [0.05, 0.1) is 18.2 Å². The fourth-order valence-electron chi connectivity index (χ4n) is 3.41. The molecule has 2 amide bonds. The second-order valence-electron chi connectivity index (χ2n) is 7.04. The molecule has 0 heterocycles. The molecule has 0 spiro atoms. The molecule has 2 fully saturated rings. The summed E-state index contributed by atoms with van der Waals surface area (Å²) in [7, 11) is 0. The van der Waals surface area contributed by atoms with Crippen LogP contribution < -0.4 is 10.6 Å². The molecule has 2 aliphatic rings. The number of urea groups is 1. The average molecular weight is 312 g/mol. The molecule has 0 aliphatic heterocycles. The number of hydrogen-bond acceptors (Lipinski definition) is 3. The van der Waals surface area contributed by atoms with E-state index < -0.39 is 0 Å². The van der Waals surface area contributed by atoms with E-state index in [1.54, 1.807) is 0 Å². The number of aliphatic hydroxyl groups is 1. The molecule has 0 aromatic heterocycles. The highest BCUT2D eigenvalue weighted by atomic mass is 16.5. The highest BCUT2D eigenvalue weighted by Crippen LogP contribution is 2.28. The third-order valence-electron chi connectivity index (χ3n) is 5.19. The number of rotatable bonds is 6. The van der Waals surface area contributed by atoms with Crippen LogP contribution in [0.3, 0.4) is 0 Å². The fourth-order valence-corrected chi connectivity index (χ4v) is 3.41. The standard InChI is InChI=1S/C17H32N2O3/c1-12(11-20)13(2)18-17(21)19-15-9-5-6-10-16(15)22-14-7-3-4-8-14/h12-16,20H,3-11H2,1-2H3,(H2,18,19,21). The maximum Gasteiger partial charge on any atom is 0.315 e. The lowest BCUT2D eigenvalue weighted by atomic mass is 9.92. The minimum absolute atomic E-state index is 0.0391. The zero-order valence-corrected chi connectivity index (χ0v) is 14.0. The van der Waals surface area contributed by atoms with Crippen molar-refractivity contribution in [2.45, 2.75) is 89.5 Å². The van der Waals surface area contributed by atoms with Gasteiger partial charge >= 0.3 is 6.03 Å². The van der Waals surface area contributed by atoms with Gasteiger partial charge in [-0.2, -0.15) is 0 Å². The topological polar surface area (TPSA) is 70.6 Å². The average Bonchev–Trinajstić information content (AvgIpc) is 3.01. The van der Waals surface area contributed by atoms with Gasteiger partial charge in [0.25, 0.3) is 0 Å². The first-order valence-electron chi connectivity index (χ1n) is 8.93. The third kappa shape index (κ3) is 5.13. The molecule has 3 N–H and O–H groups in total. The van der Waals surface area contributed by atoms with E-state index in [1.165, 1.54) is 32.1 Å². The Bertz CT molecular complexity index is 345. The van der Waals surface area contributed by atoms with Gasteiger partial charge in [-0.3, -0.25) is 0 Å². The van der Waals surface area contributed by atoms with E-state index in [1.807, 2.05) is 13.8 Å². The van der Waals surface area contributed by atoms with Crippen molar-refractivity contribution in [1.82, 2.24) is 10.6 Å². The molecule has 2 aliphatic carbocycles. The van der Waals surface area contributed by atoms with Crippen molar-refractivity contribution in [3.05, 3.63) is 0 Å². The monoisotopic (exact) mass is 312 g/mol. The Morgan fingerprint density at radius 1 is 1.14 bits per heavy atom. The number of amides is 2. The Morgan fingerprint density at radius 3 is 2.45 bits per heavy atom. The van der Waals surface area contributed by atoms with Crippen LogP contribution in [-0.4, -0.2) is 42.0 Å². The van der Waals surface area contributed by atoms with Crippen molar-refractivity contribution in [1.29, 1.82) is 0 Å². The van der Waals surface area contributed by atoms with Crippen LogP contribution in [0.2, 0.25) is 0 Å². The van der Waals surface area contributed by atoms with E-state index in [-0.39, 0.29) is 36.7 Å². The van der Waals surface area contributed by atoms with Crippen LogP contribution in [0, 0.1) is 5.92 Å². The number of carbonyl (C=O) groups excluding carboxylic acids is 1. The summed E-state index contributed by atoms with van der Waals surface area (Å²) in [6.45, 7) is 3.93. The fraction of sp³-hybridized carbons (Fsp3) is 0.941. The van der Waals surface area contributed by atoms with E-state index >= 15 is 0 Å². The Hall–Kier alpha value is -0.810. The number of carbonyl (C=O) groups is 1. The molecule has 5 heteroatoms. The molecule has 0 aromatic carbocycles. The second-order valence-corrected chi connectivity index (χ2v) is 7.04. The molecule has 4 unspecified atom stereocenters. The van der Waals surface area contributed by atoms with Gasteiger partial charge < -0.3 is 20.5 Å². The zero-order valence-electron chi connectivity index (χ0n) is 14.0. The van der Waals surface area contributed by atoms with Crippen LogP contribution in [0.1, 0.15) is 65.2 Å². The van der Waals surface area contributed by atoms with Gasteiger partial charge in [-0.1, -0.05) is 32.6 Å². The van der Waals surface area contributed by atoms with Crippen LogP contribution >= 0.6 is 0 Å². The maximum atomic E-state index is 12.2. The molecular formula is C17H32N2O3. The van der Waals surface area contributed by atoms with Crippen LogP contribution in [-0.2, 0) is 4.74 Å². The van der Waals surface area contributed by atoms with E-state index in [4.69, 9.17) is 9.84 Å². The molecule has 22 heavy (non-hydrogen) atoms. The molecule has 0 aromatic rings. The third-order valence-corrected chi connectivity index (χ3v) is 5.19. The molecule has 4 atom stereocenters. The van der Waals surface area contributed by atoms with Crippen molar-refractivity contribution in [3.8, 4) is 0 Å². The predicted molar refractivity (Wildman–Crippen MR) is 86.8 cm³/mol. The summed E-state index contributed by atoms with van der Waals surface area (Å²) in [5, 5.41) is 15.2. The van der Waals surface area contributed by atoms with Crippen LogP contribution in [0.4, 0.5) is 4.79 Å². The highest BCUT2D eigenvalue weighted by molar-refractivity contribution is 5.74. The summed E-state index contributed by atoms with van der Waals surface area (Å²) in [5.74, 6) is 0.0580. The molecule has 0 saturated heterocycles. The van der Waals surface area contributed by atoms with E-state index in [9.17, 15) is 4.79 Å². The van der Waals surface area contributed by atoms with Gasteiger partial charge in [0.15, 0.2) is 0 Å². The zero-order chi connectivity index (χ0) is 15.9. The molecule has 5 nitrogen and oxygen atoms in total. The van der Waals surface area contributed by atoms with Gasteiger partial charge in [0.2, 0.25) is 0 Å². The summed E-state index contributed by atoms with van der Waals surface area (Å²) in [5.41, 5.74) is 0. The number of nitrogens with one attached hydrogen (secondary N) is 2. The van der Waals surface area contributed by atoms with Crippen LogP contribution in [0.25, 0.3) is 0 Å². The van der Waals surface area contributed by atoms with E-state index in [2.05, 4.69) is 10.6 Å². The second kappa shape index (κ2) is 8.73. The quantitative estimate of drug-likeness (QED) is 0.706. The summed E-state index contributed by atoms with van der Waals surface area (Å²) in [4.78, 5) is 12.2. The van der Waals surface area contributed by atoms with Crippen molar-refractivity contribution in [2.75, 3.05) is 6.61 Å². The van der Waals surface area contributed by atoms with Crippen LogP contribution in [0.15, 0.2) is 0 Å². The largest absolute Gasteiger partial charge is 0.396 e. The molecule has 2 rings (SSSR count). The number of ether oxygens (including phenoxy) is 1. The molecule has 128 valence electrons. The summed E-state index contributed by atoms with van der Waals surface area (Å²) in [6, 6.07) is -0.0616. The van der Waals surface area contributed by atoms with Gasteiger partial charge in [0, 0.05) is 12.6 Å². The minimum atomic E-state index is -0.139. The highest BCUT2D eigenvalue weighted by Gasteiger charge is 2.30. The van der Waals surface area contributed by atoms with Crippen molar-refractivity contribution in [2.24, 2.45) is 5.92 Å². The summed E-state index contributed by atoms with van der Waals surface area (Å²) in [6.07, 6.45) is 9.81. The van der Waals surface area contributed by atoms with Gasteiger partial charge in [-0.25, -0.2) is 4.79 Å². The lowest BCUT2D eigenvalue weighted by Gasteiger charge is -2.34. The first-order valence-corrected chi connectivity index (χ1v) is 8.93. The van der Waals surface area contributed by atoms with Crippen molar-refractivity contribution >= 4 is 6.03 Å². The number of hydrogen-bond donors (Lipinski definition) is 3. The molecular weight excluding hydrogens is 280 g/mol. The first kappa shape index (κ1) is 17.5. The molecule has 0 radical (unpaired) electrons. The first-order chi connectivity index (χ1) is 10.6. The SMILES string of the molecule is CC(CO)C(C)NC(=O)NC1CCCCC1OC1CCCC1. The molecule has 0 bridgehead atoms. The Labute approximate surface area is 134 Å². The van der Waals surface area contributed by atoms with Crippen LogP contribution in [0.5, 0.6) is 0 Å². The Balaban J connectivity index is 1.81. The summed E-state index contributed by atoms with van der Waals surface area (Å²) >= 11 is 0. The lowest BCUT2D eigenvalue weighted by Crippen LogP contribution is -2.53. The lowest BCUT2D eigenvalue weighted by molar-refractivity contribution is -0.0410. The van der Waals surface area contributed by atoms with Gasteiger partial charge in [-0.05, 0) is 38.5 Å². The predicted octanol–water partition coefficient (Wildman–Crippen LogP) is 2.57. The van der Waals surface area contributed by atoms with E-state index in [0.29, 0.717) is 6.10 Å². The van der Waals surface area contributed by atoms with E-state index in [0.717, 1.165) is 19.3 Å². The molecule has 2 saturated carbocycles. The Morgan fingerprint density at radius 2 is 1.77 bits per heavy atom. The normalized spacial score (nSPS) is 29.0. The number of aliphatic hydroxyl groups excluding tert-OH is 1. The smallest absolute Gasteiger partial charge is 0.315 e. The maximum absolute atomic E-state index is 12.2. The van der Waals surface area contributed by atoms with Gasteiger partial charge in [0.1, 0.15) is 0 Å². The minimum Gasteiger partial charge on any atom is -0.396 e. The van der Waals surface area contributed by atoms with Gasteiger partial charge in [-0.15, -0.1) is 0 Å².